The molecule has 156 valence electrons. The third-order valence-electron chi connectivity index (χ3n) is 5.16. The van der Waals surface area contributed by atoms with Crippen molar-refractivity contribution < 1.29 is 29.0 Å². The van der Waals surface area contributed by atoms with Crippen LogP contribution < -0.4 is 9.64 Å². The molecule has 0 aromatic heterocycles. The van der Waals surface area contributed by atoms with Gasteiger partial charge in [0.15, 0.2) is 5.41 Å². The first-order valence-electron chi connectivity index (χ1n) is 9.23. The molecule has 1 fully saturated rings. The molecule has 1 saturated heterocycles. The van der Waals surface area contributed by atoms with Gasteiger partial charge < -0.3 is 9.84 Å². The third kappa shape index (κ3) is 3.39. The second kappa shape index (κ2) is 7.78. The van der Waals surface area contributed by atoms with E-state index in [9.17, 15) is 24.3 Å². The number of benzene rings is 2. The van der Waals surface area contributed by atoms with E-state index in [0.29, 0.717) is 5.75 Å². The number of amides is 3. The van der Waals surface area contributed by atoms with E-state index in [1.54, 1.807) is 24.3 Å². The number of fused-ring (bicyclic) bond motifs is 2. The van der Waals surface area contributed by atoms with Gasteiger partial charge in [0.2, 0.25) is 11.8 Å². The van der Waals surface area contributed by atoms with Crippen LogP contribution in [0.4, 0.5) is 5.69 Å². The summed E-state index contributed by atoms with van der Waals surface area (Å²) in [6.45, 7) is -0.907. The monoisotopic (exact) mass is 438 g/mol. The number of carboxylic acid groups (broad SMARTS) is 1. The number of hydrogen-bond acceptors (Lipinski definition) is 5. The number of carboxylic acids is 1. The number of anilines is 1. The maximum atomic E-state index is 13.3. The Kier molecular flexibility index (Phi) is 5.13. The normalized spacial score (nSPS) is 19.5. The summed E-state index contributed by atoms with van der Waals surface area (Å²) in [7, 11) is 0. The van der Waals surface area contributed by atoms with Crippen molar-refractivity contribution in [2.24, 2.45) is 0 Å². The Morgan fingerprint density at radius 1 is 1.10 bits per heavy atom. The maximum Gasteiger partial charge on any atom is 0.323 e. The molecule has 2 aliphatic rings. The van der Waals surface area contributed by atoms with E-state index in [2.05, 4.69) is 12.0 Å². The minimum atomic E-state index is -1.84. The predicted octanol–water partition coefficient (Wildman–Crippen LogP) is 1.81. The summed E-state index contributed by atoms with van der Waals surface area (Å²) >= 11 is 6.07. The van der Waals surface area contributed by atoms with Gasteiger partial charge in [0, 0.05) is 16.3 Å². The van der Waals surface area contributed by atoms with Crippen LogP contribution in [0.2, 0.25) is 5.02 Å². The molecule has 4 rings (SSSR count). The summed E-state index contributed by atoms with van der Waals surface area (Å²) < 4.78 is 5.24. The van der Waals surface area contributed by atoms with Gasteiger partial charge >= 0.3 is 5.97 Å². The lowest BCUT2D eigenvalue weighted by Crippen LogP contribution is -2.47. The summed E-state index contributed by atoms with van der Waals surface area (Å²) in [6, 6.07) is 13.1. The van der Waals surface area contributed by atoms with E-state index in [0.717, 1.165) is 9.80 Å². The molecule has 1 unspecified atom stereocenters. The molecule has 0 radical (unpaired) electrons. The van der Waals surface area contributed by atoms with Gasteiger partial charge in [0.1, 0.15) is 18.4 Å². The topological polar surface area (TPSA) is 104 Å². The standard InChI is InChI=1S/C22H15ClN2O6/c23-14-7-8-17-16(11-14)22(21(30)25(17)13-19(27)28)12-18(26)24(20(22)29)9-4-10-31-15-5-2-1-3-6-15/h1-3,5-8,11H,9,12-13H2,(H,27,28). The fraction of sp³-hybridized carbons (Fsp3) is 0.182. The van der Waals surface area contributed by atoms with E-state index >= 15 is 0 Å². The van der Waals surface area contributed by atoms with Crippen LogP contribution in [-0.4, -0.2) is 46.8 Å². The van der Waals surface area contributed by atoms with Crippen molar-refractivity contribution in [1.82, 2.24) is 4.90 Å². The van der Waals surface area contributed by atoms with Crippen molar-refractivity contribution in [2.75, 3.05) is 18.0 Å². The van der Waals surface area contributed by atoms with Crippen LogP contribution in [0.3, 0.4) is 0 Å². The molecule has 2 heterocycles. The van der Waals surface area contributed by atoms with Gasteiger partial charge in [-0.1, -0.05) is 29.8 Å². The molecule has 2 aliphatic heterocycles. The lowest BCUT2D eigenvalue weighted by Gasteiger charge is -2.21. The quantitative estimate of drug-likeness (QED) is 0.443. The van der Waals surface area contributed by atoms with Crippen molar-refractivity contribution in [1.29, 1.82) is 0 Å². The fourth-order valence-electron chi connectivity index (χ4n) is 3.81. The molecule has 0 saturated carbocycles. The van der Waals surface area contributed by atoms with E-state index in [1.807, 2.05) is 6.07 Å². The van der Waals surface area contributed by atoms with Crippen LogP contribution in [0.15, 0.2) is 48.5 Å². The summed E-state index contributed by atoms with van der Waals surface area (Å²) in [5.74, 6) is -0.245. The lowest BCUT2D eigenvalue weighted by molar-refractivity contribution is -0.142. The van der Waals surface area contributed by atoms with Gasteiger partial charge in [-0.15, -0.1) is 0 Å². The number of likely N-dealkylation sites (tertiary alicyclic amines) is 1. The number of hydrogen-bond donors (Lipinski definition) is 1. The number of imide groups is 1. The zero-order valence-corrected chi connectivity index (χ0v) is 16.8. The number of carbonyl (C=O) groups excluding carboxylic acids is 3. The Bertz CT molecular complexity index is 1170. The van der Waals surface area contributed by atoms with Crippen molar-refractivity contribution in [2.45, 2.75) is 11.8 Å². The number of nitrogens with zero attached hydrogens (tertiary/aromatic N) is 2. The average Bonchev–Trinajstić information content (AvgIpc) is 3.12. The van der Waals surface area contributed by atoms with E-state index in [-0.39, 0.29) is 22.8 Å². The summed E-state index contributed by atoms with van der Waals surface area (Å²) in [5.41, 5.74) is -1.37. The molecule has 2 aromatic rings. The van der Waals surface area contributed by atoms with Gasteiger partial charge in [0.25, 0.3) is 5.91 Å². The smallest absolute Gasteiger partial charge is 0.323 e. The molecular formula is C22H15ClN2O6. The van der Waals surface area contributed by atoms with Crippen LogP contribution in [0.5, 0.6) is 5.75 Å². The molecule has 0 aliphatic carbocycles. The Labute approximate surface area is 182 Å². The predicted molar refractivity (Wildman–Crippen MR) is 109 cm³/mol. The highest BCUT2D eigenvalue weighted by atomic mass is 35.5. The van der Waals surface area contributed by atoms with Gasteiger partial charge in [-0.3, -0.25) is 29.0 Å². The van der Waals surface area contributed by atoms with Crippen molar-refractivity contribution in [3.8, 4) is 17.8 Å². The molecule has 1 atom stereocenters. The number of halogens is 1. The number of para-hydroxylation sites is 1. The zero-order chi connectivity index (χ0) is 22.2. The Morgan fingerprint density at radius 2 is 1.81 bits per heavy atom. The summed E-state index contributed by atoms with van der Waals surface area (Å²) in [6.07, 6.45) is 2.01. The number of aliphatic carboxylic acids is 1. The van der Waals surface area contributed by atoms with Gasteiger partial charge in [-0.05, 0) is 36.3 Å². The molecule has 9 heteroatoms. The molecule has 2 aromatic carbocycles. The van der Waals surface area contributed by atoms with Crippen LogP contribution in [-0.2, 0) is 24.6 Å². The second-order valence-corrected chi connectivity index (χ2v) is 7.44. The molecule has 1 N–H and O–H groups in total. The van der Waals surface area contributed by atoms with Gasteiger partial charge in [-0.25, -0.2) is 0 Å². The first-order valence-corrected chi connectivity index (χ1v) is 9.61. The molecule has 3 amide bonds. The first kappa shape index (κ1) is 20.4. The first-order chi connectivity index (χ1) is 14.8. The fourth-order valence-corrected chi connectivity index (χ4v) is 3.98. The molecular weight excluding hydrogens is 424 g/mol. The van der Waals surface area contributed by atoms with Crippen molar-refractivity contribution in [3.63, 3.8) is 0 Å². The van der Waals surface area contributed by atoms with E-state index in [1.165, 1.54) is 18.2 Å². The SMILES string of the molecule is O=C(O)CN1C(=O)C2(CC(=O)N(CC#COc3ccccc3)C2=O)c2cc(Cl)ccc21. The maximum absolute atomic E-state index is 13.3. The van der Waals surface area contributed by atoms with Crippen molar-refractivity contribution >= 4 is 41.0 Å². The highest BCUT2D eigenvalue weighted by Gasteiger charge is 2.63. The largest absolute Gasteiger partial charge is 0.480 e. The van der Waals surface area contributed by atoms with Crippen molar-refractivity contribution in [3.05, 3.63) is 59.1 Å². The highest BCUT2D eigenvalue weighted by molar-refractivity contribution is 6.33. The van der Waals surface area contributed by atoms with Gasteiger partial charge in [-0.2, -0.15) is 0 Å². The number of ether oxygens (including phenoxy) is 1. The van der Waals surface area contributed by atoms with Crippen LogP contribution in [0.25, 0.3) is 0 Å². The Balaban J connectivity index is 1.63. The third-order valence-corrected chi connectivity index (χ3v) is 5.40. The molecule has 8 nitrogen and oxygen atoms in total. The summed E-state index contributed by atoms with van der Waals surface area (Å²) in [4.78, 5) is 52.3. The lowest BCUT2D eigenvalue weighted by atomic mass is 9.80. The summed E-state index contributed by atoms with van der Waals surface area (Å²) in [5, 5.41) is 9.46. The van der Waals surface area contributed by atoms with Crippen LogP contribution >= 0.6 is 11.6 Å². The Morgan fingerprint density at radius 3 is 2.52 bits per heavy atom. The number of carbonyl (C=O) groups is 4. The number of rotatable bonds is 4. The molecule has 1 spiro atoms. The Hall–Kier alpha value is -3.83. The van der Waals surface area contributed by atoms with E-state index < -0.39 is 42.1 Å². The minimum Gasteiger partial charge on any atom is -0.480 e. The molecule has 31 heavy (non-hydrogen) atoms. The second-order valence-electron chi connectivity index (χ2n) is 7.01. The zero-order valence-electron chi connectivity index (χ0n) is 16.0. The van der Waals surface area contributed by atoms with Gasteiger partial charge in [0.05, 0.1) is 13.0 Å². The van der Waals surface area contributed by atoms with Crippen LogP contribution in [0, 0.1) is 12.0 Å². The van der Waals surface area contributed by atoms with E-state index in [4.69, 9.17) is 16.3 Å². The average molecular weight is 439 g/mol. The molecule has 0 bridgehead atoms. The van der Waals surface area contributed by atoms with Crippen LogP contribution in [0.1, 0.15) is 12.0 Å². The minimum absolute atomic E-state index is 0.223. The highest BCUT2D eigenvalue weighted by Crippen LogP contribution is 2.49.